The Morgan fingerprint density at radius 2 is 2.16 bits per heavy atom. The lowest BCUT2D eigenvalue weighted by Gasteiger charge is -2.19. The van der Waals surface area contributed by atoms with Crippen LogP contribution >= 0.6 is 0 Å². The van der Waals surface area contributed by atoms with Crippen molar-refractivity contribution in [2.75, 3.05) is 6.54 Å². The molecule has 5 nitrogen and oxygen atoms in total. The number of aromatic nitrogens is 1. The first-order valence-electron chi connectivity index (χ1n) is 6.26. The molecule has 0 saturated carbocycles. The van der Waals surface area contributed by atoms with E-state index < -0.39 is 12.2 Å². The summed E-state index contributed by atoms with van der Waals surface area (Å²) in [6.07, 6.45) is 0.229. The Labute approximate surface area is 111 Å². The molecule has 1 heterocycles. The minimum absolute atomic E-state index is 0.144. The van der Waals surface area contributed by atoms with Crippen LogP contribution in [0.1, 0.15) is 25.0 Å². The van der Waals surface area contributed by atoms with Crippen LogP contribution in [-0.4, -0.2) is 33.8 Å². The minimum atomic E-state index is -0.965. The van der Waals surface area contributed by atoms with Gasteiger partial charge >= 0.3 is 0 Å². The summed E-state index contributed by atoms with van der Waals surface area (Å²) >= 11 is 0. The Bertz CT molecular complexity index is 565. The predicted octanol–water partition coefficient (Wildman–Crippen LogP) is 1.09. The third kappa shape index (κ3) is 3.13. The van der Waals surface area contributed by atoms with Gasteiger partial charge in [-0.2, -0.15) is 0 Å². The van der Waals surface area contributed by atoms with Crippen molar-refractivity contribution < 1.29 is 15.0 Å². The quantitative estimate of drug-likeness (QED) is 0.650. The van der Waals surface area contributed by atoms with Crippen LogP contribution in [0.25, 0.3) is 10.9 Å². The molecule has 1 aromatic carbocycles. The number of rotatable bonds is 5. The number of amides is 1. The molecule has 5 heteroatoms. The van der Waals surface area contributed by atoms with Gasteiger partial charge in [0.1, 0.15) is 6.10 Å². The molecule has 0 aliphatic rings. The van der Waals surface area contributed by atoms with E-state index >= 15 is 0 Å². The van der Waals surface area contributed by atoms with Gasteiger partial charge in [0.2, 0.25) is 5.91 Å². The van der Waals surface area contributed by atoms with Gasteiger partial charge in [0.25, 0.3) is 0 Å². The number of nitrogens with one attached hydrogen (secondary N) is 2. The molecule has 2 unspecified atom stereocenters. The molecule has 0 spiro atoms. The van der Waals surface area contributed by atoms with Crippen molar-refractivity contribution in [3.8, 4) is 0 Å². The fraction of sp³-hybridized carbons (Fsp3) is 0.357. The lowest BCUT2D eigenvalue weighted by molar-refractivity contribution is -0.119. The number of benzene rings is 1. The van der Waals surface area contributed by atoms with Gasteiger partial charge in [0.15, 0.2) is 0 Å². The maximum absolute atomic E-state index is 10.7. The number of H-pyrrole nitrogens is 1. The monoisotopic (exact) mass is 262 g/mol. The van der Waals surface area contributed by atoms with Gasteiger partial charge in [-0.05, 0) is 24.1 Å². The number of hydrogen-bond donors (Lipinski definition) is 4. The summed E-state index contributed by atoms with van der Waals surface area (Å²) in [6, 6.07) is 7.41. The van der Waals surface area contributed by atoms with E-state index in [1.807, 2.05) is 18.2 Å². The normalized spacial score (nSPS) is 14.3. The summed E-state index contributed by atoms with van der Waals surface area (Å²) in [5.74, 6) is -0.144. The van der Waals surface area contributed by atoms with Crippen LogP contribution in [0, 0.1) is 0 Å². The van der Waals surface area contributed by atoms with Crippen LogP contribution in [0.5, 0.6) is 0 Å². The fourth-order valence-electron chi connectivity index (χ4n) is 2.13. The van der Waals surface area contributed by atoms with E-state index in [9.17, 15) is 15.0 Å². The number of carbonyl (C=O) groups is 1. The van der Waals surface area contributed by atoms with Crippen LogP contribution in [0.3, 0.4) is 0 Å². The molecule has 0 aliphatic heterocycles. The average Bonchev–Trinajstić information content (AvgIpc) is 2.85. The second kappa shape index (κ2) is 5.86. The lowest BCUT2D eigenvalue weighted by atomic mass is 9.99. The zero-order valence-electron chi connectivity index (χ0n) is 10.8. The van der Waals surface area contributed by atoms with Gasteiger partial charge in [0.05, 0.1) is 6.10 Å². The number of aliphatic hydroxyl groups is 2. The molecule has 2 atom stereocenters. The zero-order chi connectivity index (χ0) is 13.8. The Kier molecular flexibility index (Phi) is 4.19. The number of aromatic amines is 1. The first-order valence-corrected chi connectivity index (χ1v) is 6.26. The standard InChI is InChI=1S/C14H18N2O3/c1-9(17)15-8-6-13(18)14(19)11-3-2-4-12-10(11)5-7-16-12/h2-5,7,13-14,16,18-19H,6,8H2,1H3,(H,15,17). The third-order valence-electron chi connectivity index (χ3n) is 3.13. The molecule has 0 aliphatic carbocycles. The highest BCUT2D eigenvalue weighted by molar-refractivity contribution is 5.83. The summed E-state index contributed by atoms with van der Waals surface area (Å²) in [7, 11) is 0. The molecule has 0 bridgehead atoms. The molecule has 4 N–H and O–H groups in total. The average molecular weight is 262 g/mol. The molecule has 19 heavy (non-hydrogen) atoms. The molecule has 1 aromatic heterocycles. The van der Waals surface area contributed by atoms with E-state index in [0.717, 1.165) is 10.9 Å². The molecule has 0 fully saturated rings. The molecule has 2 aromatic rings. The van der Waals surface area contributed by atoms with E-state index in [-0.39, 0.29) is 5.91 Å². The zero-order valence-corrected chi connectivity index (χ0v) is 10.8. The molecular formula is C14H18N2O3. The number of fused-ring (bicyclic) bond motifs is 1. The van der Waals surface area contributed by atoms with E-state index in [1.165, 1.54) is 6.92 Å². The van der Waals surface area contributed by atoms with Crippen molar-refractivity contribution >= 4 is 16.8 Å². The van der Waals surface area contributed by atoms with E-state index in [1.54, 1.807) is 12.3 Å². The maximum atomic E-state index is 10.7. The lowest BCUT2D eigenvalue weighted by Crippen LogP contribution is -2.27. The fourth-order valence-corrected chi connectivity index (χ4v) is 2.13. The second-order valence-electron chi connectivity index (χ2n) is 4.57. The van der Waals surface area contributed by atoms with Gasteiger partial charge in [-0.25, -0.2) is 0 Å². The molecule has 1 amide bonds. The molecule has 102 valence electrons. The molecule has 2 rings (SSSR count). The summed E-state index contributed by atoms with van der Waals surface area (Å²) in [5, 5.41) is 23.7. The van der Waals surface area contributed by atoms with Gasteiger partial charge in [-0.3, -0.25) is 4.79 Å². The topological polar surface area (TPSA) is 85.3 Å². The second-order valence-corrected chi connectivity index (χ2v) is 4.57. The highest BCUT2D eigenvalue weighted by Crippen LogP contribution is 2.26. The van der Waals surface area contributed by atoms with Gasteiger partial charge in [0, 0.05) is 30.6 Å². The van der Waals surface area contributed by atoms with Crippen molar-refractivity contribution in [2.24, 2.45) is 0 Å². The molecule has 0 saturated heterocycles. The van der Waals surface area contributed by atoms with Gasteiger partial charge < -0.3 is 20.5 Å². The van der Waals surface area contributed by atoms with Crippen LogP contribution in [-0.2, 0) is 4.79 Å². The summed E-state index contributed by atoms with van der Waals surface area (Å²) in [5.41, 5.74) is 1.61. The molecule has 0 radical (unpaired) electrons. The van der Waals surface area contributed by atoms with Crippen molar-refractivity contribution in [3.63, 3.8) is 0 Å². The SMILES string of the molecule is CC(=O)NCCC(O)C(O)c1cccc2[nH]ccc12. The first kappa shape index (κ1) is 13.6. The Balaban J connectivity index is 2.08. The van der Waals surface area contributed by atoms with Gasteiger partial charge in [-0.15, -0.1) is 0 Å². The van der Waals surface area contributed by atoms with E-state index in [4.69, 9.17) is 0 Å². The van der Waals surface area contributed by atoms with Crippen LogP contribution in [0.4, 0.5) is 0 Å². The summed E-state index contributed by atoms with van der Waals surface area (Å²) in [6.45, 7) is 1.76. The number of hydrogen-bond acceptors (Lipinski definition) is 3. The van der Waals surface area contributed by atoms with Gasteiger partial charge in [-0.1, -0.05) is 12.1 Å². The minimum Gasteiger partial charge on any atom is -0.390 e. The largest absolute Gasteiger partial charge is 0.390 e. The first-order chi connectivity index (χ1) is 9.09. The van der Waals surface area contributed by atoms with Crippen LogP contribution in [0.2, 0.25) is 0 Å². The molecular weight excluding hydrogens is 244 g/mol. The summed E-state index contributed by atoms with van der Waals surface area (Å²) in [4.78, 5) is 13.8. The highest BCUT2D eigenvalue weighted by Gasteiger charge is 2.20. The van der Waals surface area contributed by atoms with Crippen molar-refractivity contribution in [2.45, 2.75) is 25.6 Å². The van der Waals surface area contributed by atoms with E-state index in [2.05, 4.69) is 10.3 Å². The predicted molar refractivity (Wildman–Crippen MR) is 72.6 cm³/mol. The van der Waals surface area contributed by atoms with Crippen LogP contribution in [0.15, 0.2) is 30.5 Å². The number of carbonyl (C=O) groups excluding carboxylic acids is 1. The Morgan fingerprint density at radius 1 is 1.37 bits per heavy atom. The summed E-state index contributed by atoms with van der Waals surface area (Å²) < 4.78 is 0. The highest BCUT2D eigenvalue weighted by atomic mass is 16.3. The number of aliphatic hydroxyl groups excluding tert-OH is 2. The van der Waals surface area contributed by atoms with Crippen molar-refractivity contribution in [1.29, 1.82) is 0 Å². The maximum Gasteiger partial charge on any atom is 0.216 e. The van der Waals surface area contributed by atoms with Crippen LogP contribution < -0.4 is 5.32 Å². The van der Waals surface area contributed by atoms with E-state index in [0.29, 0.717) is 18.5 Å². The Hall–Kier alpha value is -1.85. The Morgan fingerprint density at radius 3 is 2.89 bits per heavy atom. The smallest absolute Gasteiger partial charge is 0.216 e. The van der Waals surface area contributed by atoms with Crippen molar-refractivity contribution in [1.82, 2.24) is 10.3 Å². The third-order valence-corrected chi connectivity index (χ3v) is 3.13. The van der Waals surface area contributed by atoms with Crippen molar-refractivity contribution in [3.05, 3.63) is 36.0 Å².